The number of phenolic OH excluding ortho intramolecular Hbond substituents is 1. The van der Waals surface area contributed by atoms with Crippen molar-refractivity contribution in [2.75, 3.05) is 0 Å². The molecule has 102 valence electrons. The summed E-state index contributed by atoms with van der Waals surface area (Å²) >= 11 is 0. The first kappa shape index (κ1) is 12.6. The summed E-state index contributed by atoms with van der Waals surface area (Å²) in [5.41, 5.74) is 1.41. The van der Waals surface area contributed by atoms with Crippen LogP contribution in [0, 0.1) is 12.8 Å². The van der Waals surface area contributed by atoms with Crippen LogP contribution in [0.15, 0.2) is 30.6 Å². The van der Waals surface area contributed by atoms with Crippen molar-refractivity contribution in [3.8, 4) is 5.75 Å². The van der Waals surface area contributed by atoms with Crippen molar-refractivity contribution in [1.29, 1.82) is 0 Å². The highest BCUT2D eigenvalue weighted by Gasteiger charge is 2.31. The fraction of sp³-hybridized carbons (Fsp3) is 0.267. The van der Waals surface area contributed by atoms with Gasteiger partial charge in [-0.15, -0.1) is 0 Å². The number of aromatic hydroxyl groups is 1. The summed E-state index contributed by atoms with van der Waals surface area (Å²) in [5.74, 6) is -0.425. The second kappa shape index (κ2) is 4.59. The molecular weight excluding hydrogens is 256 g/mol. The molecule has 0 saturated heterocycles. The Morgan fingerprint density at radius 1 is 1.35 bits per heavy atom. The summed E-state index contributed by atoms with van der Waals surface area (Å²) < 4.78 is 1.22. The van der Waals surface area contributed by atoms with Crippen LogP contribution in [0.4, 0.5) is 0 Å². The molecule has 1 aliphatic rings. The maximum absolute atomic E-state index is 12.3. The molecule has 0 spiro atoms. The summed E-state index contributed by atoms with van der Waals surface area (Å²) in [6.45, 7) is 1.84. The molecule has 0 radical (unpaired) electrons. The van der Waals surface area contributed by atoms with Gasteiger partial charge >= 0.3 is 0 Å². The average Bonchev–Trinajstić information content (AvgIpc) is 3.17. The van der Waals surface area contributed by atoms with Gasteiger partial charge in [0.15, 0.2) is 5.78 Å². The summed E-state index contributed by atoms with van der Waals surface area (Å²) in [6, 6.07) is 4.84. The first-order chi connectivity index (χ1) is 9.56. The highest BCUT2D eigenvalue weighted by Crippen LogP contribution is 2.30. The van der Waals surface area contributed by atoms with E-state index < -0.39 is 0 Å². The van der Waals surface area contributed by atoms with E-state index in [2.05, 4.69) is 5.10 Å². The highest BCUT2D eigenvalue weighted by atomic mass is 16.3. The zero-order valence-electron chi connectivity index (χ0n) is 11.0. The van der Waals surface area contributed by atoms with Gasteiger partial charge in [0.05, 0.1) is 17.3 Å². The second-order valence-electron chi connectivity index (χ2n) is 5.14. The summed E-state index contributed by atoms with van der Waals surface area (Å²) in [6.07, 6.45) is 4.58. The molecule has 3 rings (SSSR count). The normalized spacial score (nSPS) is 14.2. The fourth-order valence-corrected chi connectivity index (χ4v) is 2.07. The van der Waals surface area contributed by atoms with E-state index in [-0.39, 0.29) is 28.9 Å². The Hall–Kier alpha value is -2.43. The van der Waals surface area contributed by atoms with Gasteiger partial charge in [-0.25, -0.2) is 4.68 Å². The maximum atomic E-state index is 12.3. The van der Waals surface area contributed by atoms with Crippen LogP contribution in [0.2, 0.25) is 0 Å². The van der Waals surface area contributed by atoms with Gasteiger partial charge in [0.2, 0.25) is 5.91 Å². The van der Waals surface area contributed by atoms with Crippen molar-refractivity contribution < 1.29 is 14.7 Å². The minimum absolute atomic E-state index is 0.0465. The Balaban J connectivity index is 1.90. The molecule has 1 fully saturated rings. The van der Waals surface area contributed by atoms with Crippen LogP contribution >= 0.6 is 0 Å². The number of aryl methyl sites for hydroxylation is 1. The molecule has 1 heterocycles. The molecule has 0 aliphatic heterocycles. The van der Waals surface area contributed by atoms with E-state index in [0.717, 1.165) is 18.4 Å². The van der Waals surface area contributed by atoms with Gasteiger partial charge < -0.3 is 5.11 Å². The standard InChI is InChI=1S/C15H14N2O3/c1-9-2-5-13(18)12(6-9)14(19)11-7-16-17(8-11)15(20)10-3-4-10/h2,5-8,10,18H,3-4H2,1H3. The Bertz CT molecular complexity index is 699. The molecule has 1 aliphatic carbocycles. The highest BCUT2D eigenvalue weighted by molar-refractivity contribution is 6.10. The molecule has 0 bridgehead atoms. The Kier molecular flexibility index (Phi) is 2.89. The molecule has 20 heavy (non-hydrogen) atoms. The first-order valence-electron chi connectivity index (χ1n) is 6.49. The Morgan fingerprint density at radius 3 is 2.80 bits per heavy atom. The maximum Gasteiger partial charge on any atom is 0.249 e. The monoisotopic (exact) mass is 270 g/mol. The van der Waals surface area contributed by atoms with Crippen molar-refractivity contribution in [2.45, 2.75) is 19.8 Å². The number of ketones is 1. The van der Waals surface area contributed by atoms with E-state index in [4.69, 9.17) is 0 Å². The summed E-state index contributed by atoms with van der Waals surface area (Å²) in [7, 11) is 0. The number of carbonyl (C=O) groups excluding carboxylic acids is 2. The molecule has 5 nitrogen and oxygen atoms in total. The van der Waals surface area contributed by atoms with Gasteiger partial charge in [-0.05, 0) is 31.9 Å². The lowest BCUT2D eigenvalue weighted by atomic mass is 10.0. The number of carbonyl (C=O) groups is 2. The summed E-state index contributed by atoms with van der Waals surface area (Å²) in [5, 5.41) is 13.7. The predicted molar refractivity (Wildman–Crippen MR) is 71.9 cm³/mol. The van der Waals surface area contributed by atoms with E-state index in [1.807, 2.05) is 6.92 Å². The number of benzene rings is 1. The minimum Gasteiger partial charge on any atom is -0.507 e. The van der Waals surface area contributed by atoms with Crippen molar-refractivity contribution in [3.05, 3.63) is 47.3 Å². The Labute approximate surface area is 115 Å². The van der Waals surface area contributed by atoms with Gasteiger partial charge in [0, 0.05) is 12.1 Å². The van der Waals surface area contributed by atoms with Gasteiger partial charge in [-0.3, -0.25) is 9.59 Å². The molecule has 1 N–H and O–H groups in total. The summed E-state index contributed by atoms with van der Waals surface area (Å²) in [4.78, 5) is 24.2. The molecule has 1 aromatic carbocycles. The molecule has 1 aromatic heterocycles. The Morgan fingerprint density at radius 2 is 2.10 bits per heavy atom. The number of hydrogen-bond acceptors (Lipinski definition) is 4. The third-order valence-electron chi connectivity index (χ3n) is 3.39. The fourth-order valence-electron chi connectivity index (χ4n) is 2.07. The molecule has 2 aromatic rings. The second-order valence-corrected chi connectivity index (χ2v) is 5.14. The number of rotatable bonds is 3. The van der Waals surface area contributed by atoms with E-state index in [0.29, 0.717) is 5.56 Å². The number of nitrogens with zero attached hydrogens (tertiary/aromatic N) is 2. The van der Waals surface area contributed by atoms with Crippen LogP contribution in [0.3, 0.4) is 0 Å². The quantitative estimate of drug-likeness (QED) is 0.868. The molecule has 0 amide bonds. The van der Waals surface area contributed by atoms with Gasteiger partial charge in [0.1, 0.15) is 5.75 Å². The lowest BCUT2D eigenvalue weighted by molar-refractivity contribution is 0.0870. The van der Waals surface area contributed by atoms with Crippen LogP contribution < -0.4 is 0 Å². The van der Waals surface area contributed by atoms with E-state index in [1.165, 1.54) is 23.1 Å². The SMILES string of the molecule is Cc1ccc(O)c(C(=O)c2cnn(C(=O)C3CC3)c2)c1. The third kappa shape index (κ3) is 2.22. The van der Waals surface area contributed by atoms with Gasteiger partial charge in [0.25, 0.3) is 0 Å². The lowest BCUT2D eigenvalue weighted by Gasteiger charge is -2.03. The zero-order chi connectivity index (χ0) is 14.3. The topological polar surface area (TPSA) is 72.2 Å². The molecule has 5 heteroatoms. The third-order valence-corrected chi connectivity index (χ3v) is 3.39. The zero-order valence-corrected chi connectivity index (χ0v) is 11.0. The van der Waals surface area contributed by atoms with Gasteiger partial charge in [-0.2, -0.15) is 5.10 Å². The number of aromatic nitrogens is 2. The van der Waals surface area contributed by atoms with Crippen molar-refractivity contribution in [2.24, 2.45) is 5.92 Å². The van der Waals surface area contributed by atoms with Crippen LogP contribution in [0.5, 0.6) is 5.75 Å². The molecular formula is C15H14N2O3. The minimum atomic E-state index is -0.332. The largest absolute Gasteiger partial charge is 0.507 e. The van der Waals surface area contributed by atoms with Crippen LogP contribution in [-0.2, 0) is 0 Å². The first-order valence-corrected chi connectivity index (χ1v) is 6.49. The smallest absolute Gasteiger partial charge is 0.249 e. The number of hydrogen-bond donors (Lipinski definition) is 1. The number of phenols is 1. The van der Waals surface area contributed by atoms with E-state index in [1.54, 1.807) is 12.1 Å². The predicted octanol–water partition coefficient (Wildman–Crippen LogP) is 2.18. The van der Waals surface area contributed by atoms with Gasteiger partial charge in [-0.1, -0.05) is 11.6 Å². The van der Waals surface area contributed by atoms with Crippen molar-refractivity contribution >= 4 is 11.7 Å². The van der Waals surface area contributed by atoms with Crippen molar-refractivity contribution in [1.82, 2.24) is 9.78 Å². The lowest BCUT2D eigenvalue weighted by Crippen LogP contribution is -2.12. The molecule has 0 unspecified atom stereocenters. The van der Waals surface area contributed by atoms with Crippen LogP contribution in [-0.4, -0.2) is 26.6 Å². The van der Waals surface area contributed by atoms with Crippen molar-refractivity contribution in [3.63, 3.8) is 0 Å². The average molecular weight is 270 g/mol. The van der Waals surface area contributed by atoms with Crippen LogP contribution in [0.1, 0.15) is 39.1 Å². The van der Waals surface area contributed by atoms with Crippen LogP contribution in [0.25, 0.3) is 0 Å². The van der Waals surface area contributed by atoms with E-state index in [9.17, 15) is 14.7 Å². The molecule has 0 atom stereocenters. The molecule has 1 saturated carbocycles. The van der Waals surface area contributed by atoms with E-state index >= 15 is 0 Å².